The number of nitrogens with zero attached hydrogens (tertiary/aromatic N) is 1. The molecule has 2 aromatic carbocycles. The van der Waals surface area contributed by atoms with E-state index in [0.717, 1.165) is 5.56 Å². The Kier molecular flexibility index (Phi) is 6.88. The fourth-order valence-corrected chi connectivity index (χ4v) is 3.64. The molecule has 2 aromatic rings. The van der Waals surface area contributed by atoms with Gasteiger partial charge in [0.1, 0.15) is 29.3 Å². The van der Waals surface area contributed by atoms with Crippen molar-refractivity contribution in [2.75, 3.05) is 18.6 Å². The van der Waals surface area contributed by atoms with E-state index >= 15 is 0 Å². The van der Waals surface area contributed by atoms with Gasteiger partial charge in [0.2, 0.25) is 0 Å². The smallest absolute Gasteiger partial charge is 0.415 e. The number of hydrogen-bond acceptors (Lipinski definition) is 7. The first-order chi connectivity index (χ1) is 14.6. The van der Waals surface area contributed by atoms with E-state index in [4.69, 9.17) is 18.4 Å². The molecule has 3 atom stereocenters. The molecule has 0 radical (unpaired) electrons. The number of benzene rings is 2. The van der Waals surface area contributed by atoms with Crippen molar-refractivity contribution in [3.05, 3.63) is 53.6 Å². The zero-order chi connectivity index (χ0) is 22.8. The summed E-state index contributed by atoms with van der Waals surface area (Å²) >= 11 is -2.79. The van der Waals surface area contributed by atoms with Crippen molar-refractivity contribution < 1.29 is 31.9 Å². The molecule has 0 bridgehead atoms. The predicted molar refractivity (Wildman–Crippen MR) is 115 cm³/mol. The Morgan fingerprint density at radius 2 is 1.90 bits per heavy atom. The van der Waals surface area contributed by atoms with Gasteiger partial charge in [-0.05, 0) is 45.4 Å². The number of carbonyl (C=O) groups excluding carboxylic acids is 1. The molecular formula is C22H26NO7S-. The summed E-state index contributed by atoms with van der Waals surface area (Å²) in [6.07, 6.45) is -2.35. The average molecular weight is 449 g/mol. The van der Waals surface area contributed by atoms with Crippen molar-refractivity contribution in [3.8, 4) is 11.5 Å². The Morgan fingerprint density at radius 3 is 2.48 bits per heavy atom. The first-order valence-electron chi connectivity index (χ1n) is 9.75. The minimum absolute atomic E-state index is 0.0317. The molecule has 8 nitrogen and oxygen atoms in total. The van der Waals surface area contributed by atoms with Gasteiger partial charge in [0.25, 0.3) is 0 Å². The predicted octanol–water partition coefficient (Wildman–Crippen LogP) is 4.06. The van der Waals surface area contributed by atoms with Gasteiger partial charge in [-0.1, -0.05) is 29.8 Å². The Morgan fingerprint density at radius 1 is 1.23 bits per heavy atom. The molecule has 168 valence electrons. The lowest BCUT2D eigenvalue weighted by molar-refractivity contribution is 0.0385. The Labute approximate surface area is 184 Å². The first-order valence-corrected chi connectivity index (χ1v) is 10.8. The van der Waals surface area contributed by atoms with Crippen LogP contribution in [0.1, 0.15) is 38.0 Å². The van der Waals surface area contributed by atoms with Crippen LogP contribution in [-0.2, 0) is 20.3 Å². The van der Waals surface area contributed by atoms with Gasteiger partial charge in [-0.2, -0.15) is 0 Å². The van der Waals surface area contributed by atoms with Crippen LogP contribution < -0.4 is 14.4 Å². The average Bonchev–Trinajstić information content (AvgIpc) is 2.70. The topological polar surface area (TPSA) is 97.4 Å². The van der Waals surface area contributed by atoms with E-state index < -0.39 is 35.3 Å². The molecule has 31 heavy (non-hydrogen) atoms. The molecule has 3 rings (SSSR count). The van der Waals surface area contributed by atoms with Crippen LogP contribution in [0.4, 0.5) is 10.5 Å². The second kappa shape index (κ2) is 9.25. The summed E-state index contributed by atoms with van der Waals surface area (Å²) in [5, 5.41) is 0. The molecule has 0 fully saturated rings. The van der Waals surface area contributed by atoms with E-state index in [0.29, 0.717) is 22.7 Å². The number of hydrogen-bond donors (Lipinski definition) is 0. The molecule has 0 saturated heterocycles. The minimum Gasteiger partial charge on any atom is -0.750 e. The van der Waals surface area contributed by atoms with Gasteiger partial charge in [0.05, 0.1) is 30.7 Å². The third-order valence-corrected chi connectivity index (χ3v) is 5.00. The highest BCUT2D eigenvalue weighted by Gasteiger charge is 2.38. The van der Waals surface area contributed by atoms with E-state index in [1.807, 2.05) is 19.1 Å². The fourth-order valence-electron chi connectivity index (χ4n) is 3.24. The van der Waals surface area contributed by atoms with Gasteiger partial charge >= 0.3 is 6.09 Å². The third kappa shape index (κ3) is 5.75. The van der Waals surface area contributed by atoms with E-state index in [1.54, 1.807) is 51.1 Å². The van der Waals surface area contributed by atoms with Crippen molar-refractivity contribution >= 4 is 23.1 Å². The van der Waals surface area contributed by atoms with Gasteiger partial charge in [0, 0.05) is 6.07 Å². The highest BCUT2D eigenvalue weighted by atomic mass is 32.2. The van der Waals surface area contributed by atoms with Crippen molar-refractivity contribution in [1.29, 1.82) is 0 Å². The summed E-state index contributed by atoms with van der Waals surface area (Å²) in [4.78, 5) is 14.4. The van der Waals surface area contributed by atoms with Crippen LogP contribution >= 0.6 is 0 Å². The van der Waals surface area contributed by atoms with Crippen molar-refractivity contribution in [2.24, 2.45) is 0 Å². The van der Waals surface area contributed by atoms with Crippen LogP contribution in [0.2, 0.25) is 0 Å². The number of rotatable bonds is 5. The molecule has 0 saturated carbocycles. The number of carbonyl (C=O) groups is 1. The Bertz CT molecular complexity index is 955. The van der Waals surface area contributed by atoms with Gasteiger partial charge in [-0.15, -0.1) is 0 Å². The van der Waals surface area contributed by atoms with Gasteiger partial charge in [-0.25, -0.2) is 9.00 Å². The Balaban J connectivity index is 2.01. The molecule has 0 aliphatic carbocycles. The number of ether oxygens (including phenoxy) is 3. The Hall–Kier alpha value is -2.62. The standard InChI is InChI=1S/C22H27NO7S/c1-14-6-8-15(9-7-14)20(30-31(25)26)19-13-23(21(24)29-22(2,3)4)17-11-10-16(27-5)12-18(17)28-19/h6-12,19-20H,13H2,1-5H3,(H,25,26)/p-1. The fraction of sp³-hybridized carbons (Fsp3) is 0.409. The third-order valence-electron chi connectivity index (χ3n) is 4.64. The van der Waals surface area contributed by atoms with Crippen LogP contribution in [0, 0.1) is 6.92 Å². The molecule has 9 heteroatoms. The van der Waals surface area contributed by atoms with E-state index in [-0.39, 0.29) is 6.54 Å². The molecule has 0 spiro atoms. The molecule has 1 heterocycles. The summed E-state index contributed by atoms with van der Waals surface area (Å²) in [7, 11) is 1.52. The molecule has 0 N–H and O–H groups in total. The summed E-state index contributed by atoms with van der Waals surface area (Å²) in [6, 6.07) is 12.3. The van der Waals surface area contributed by atoms with Gasteiger partial charge in [0.15, 0.2) is 0 Å². The lowest BCUT2D eigenvalue weighted by Gasteiger charge is -2.38. The largest absolute Gasteiger partial charge is 0.750 e. The molecule has 1 aliphatic heterocycles. The van der Waals surface area contributed by atoms with Gasteiger partial charge < -0.3 is 18.8 Å². The number of methoxy groups -OCH3 is 1. The van der Waals surface area contributed by atoms with E-state index in [9.17, 15) is 13.6 Å². The SMILES string of the molecule is COc1ccc2c(c1)OC(C(OS(=O)[O-])c1ccc(C)cc1)CN2C(=O)OC(C)(C)C. The summed E-state index contributed by atoms with van der Waals surface area (Å²) < 4.78 is 45.0. The second-order valence-electron chi connectivity index (χ2n) is 8.21. The maximum Gasteiger partial charge on any atom is 0.415 e. The molecule has 3 unspecified atom stereocenters. The van der Waals surface area contributed by atoms with Crippen LogP contribution in [-0.4, -0.2) is 40.2 Å². The highest BCUT2D eigenvalue weighted by Crippen LogP contribution is 2.40. The summed E-state index contributed by atoms with van der Waals surface area (Å²) in [5.74, 6) is 0.891. The van der Waals surface area contributed by atoms with Crippen molar-refractivity contribution in [3.63, 3.8) is 0 Å². The molecular weight excluding hydrogens is 422 g/mol. The molecule has 1 amide bonds. The van der Waals surface area contributed by atoms with Crippen LogP contribution in [0.5, 0.6) is 11.5 Å². The van der Waals surface area contributed by atoms with Crippen LogP contribution in [0.3, 0.4) is 0 Å². The lowest BCUT2D eigenvalue weighted by atomic mass is 10.0. The van der Waals surface area contributed by atoms with Gasteiger partial charge in [-0.3, -0.25) is 9.08 Å². The number of anilines is 1. The zero-order valence-corrected chi connectivity index (χ0v) is 18.9. The summed E-state index contributed by atoms with van der Waals surface area (Å²) in [6.45, 7) is 7.28. The second-order valence-corrected chi connectivity index (χ2v) is 8.81. The molecule has 0 aromatic heterocycles. The highest BCUT2D eigenvalue weighted by molar-refractivity contribution is 7.74. The van der Waals surface area contributed by atoms with Crippen LogP contribution in [0.15, 0.2) is 42.5 Å². The van der Waals surface area contributed by atoms with Crippen molar-refractivity contribution in [1.82, 2.24) is 0 Å². The van der Waals surface area contributed by atoms with Crippen molar-refractivity contribution in [2.45, 2.75) is 45.5 Å². The lowest BCUT2D eigenvalue weighted by Crippen LogP contribution is -2.48. The maximum absolute atomic E-state index is 13.0. The zero-order valence-electron chi connectivity index (χ0n) is 18.1. The number of fused-ring (bicyclic) bond motifs is 1. The first kappa shape index (κ1) is 23.1. The van der Waals surface area contributed by atoms with Crippen LogP contribution in [0.25, 0.3) is 0 Å². The van der Waals surface area contributed by atoms with E-state index in [2.05, 4.69) is 0 Å². The normalized spacial score (nSPS) is 17.9. The van der Waals surface area contributed by atoms with E-state index in [1.165, 1.54) is 12.0 Å². The minimum atomic E-state index is -2.79. The maximum atomic E-state index is 13.0. The quantitative estimate of drug-likeness (QED) is 0.636. The number of aryl methyl sites for hydroxylation is 1. The summed E-state index contributed by atoms with van der Waals surface area (Å²) in [5.41, 5.74) is 1.41. The number of amides is 1. The monoisotopic (exact) mass is 448 g/mol. The molecule has 1 aliphatic rings.